The summed E-state index contributed by atoms with van der Waals surface area (Å²) < 4.78 is 6.15. The van der Waals surface area contributed by atoms with Crippen LogP contribution in [0.4, 0.5) is 0 Å². The van der Waals surface area contributed by atoms with Gasteiger partial charge in [-0.3, -0.25) is 9.59 Å². The predicted octanol–water partition coefficient (Wildman–Crippen LogP) is 2.62. The number of aromatic hydroxyl groups is 1. The molecular formula is C24H28N4O5. The first-order chi connectivity index (χ1) is 15.8. The van der Waals surface area contributed by atoms with Gasteiger partial charge < -0.3 is 31.4 Å². The van der Waals surface area contributed by atoms with E-state index in [-0.39, 0.29) is 11.9 Å². The molecule has 0 aliphatic carbocycles. The van der Waals surface area contributed by atoms with Crippen LogP contribution in [0.5, 0.6) is 11.5 Å². The number of nitrogens with two attached hydrogens (primary N) is 1. The van der Waals surface area contributed by atoms with Crippen molar-refractivity contribution >= 4 is 24.3 Å². The molecule has 33 heavy (non-hydrogen) atoms. The van der Waals surface area contributed by atoms with Crippen LogP contribution in [-0.2, 0) is 15.2 Å². The minimum Gasteiger partial charge on any atom is -0.508 e. The number of phenols is 1. The van der Waals surface area contributed by atoms with E-state index in [4.69, 9.17) is 10.6 Å². The molecule has 9 nitrogen and oxygen atoms in total. The van der Waals surface area contributed by atoms with Gasteiger partial charge in [0, 0.05) is 17.3 Å². The van der Waals surface area contributed by atoms with Crippen LogP contribution in [0.25, 0.3) is 5.70 Å². The summed E-state index contributed by atoms with van der Waals surface area (Å²) >= 11 is 0. The summed E-state index contributed by atoms with van der Waals surface area (Å²) in [5.41, 5.74) is 1.11. The molecule has 9 heteroatoms. The maximum Gasteiger partial charge on any atom is 0.315 e. The minimum absolute atomic E-state index is 0.0802. The second-order valence-corrected chi connectivity index (χ2v) is 7.93. The number of hydrogen-bond acceptors (Lipinski definition) is 7. The molecule has 0 radical (unpaired) electrons. The number of fused-ring (bicyclic) bond motifs is 1. The van der Waals surface area contributed by atoms with Gasteiger partial charge in [0.15, 0.2) is 0 Å². The van der Waals surface area contributed by atoms with E-state index in [1.165, 1.54) is 24.5 Å². The average molecular weight is 453 g/mol. The molecular weight excluding hydrogens is 424 g/mol. The van der Waals surface area contributed by atoms with Crippen LogP contribution < -0.4 is 21.2 Å². The van der Waals surface area contributed by atoms with Crippen LogP contribution >= 0.6 is 0 Å². The molecule has 1 heterocycles. The van der Waals surface area contributed by atoms with E-state index < -0.39 is 17.5 Å². The van der Waals surface area contributed by atoms with Crippen LogP contribution in [-0.4, -0.2) is 35.0 Å². The van der Waals surface area contributed by atoms with Crippen molar-refractivity contribution in [2.24, 2.45) is 10.9 Å². The summed E-state index contributed by atoms with van der Waals surface area (Å²) in [6.07, 6.45) is 4.77. The largest absolute Gasteiger partial charge is 0.508 e. The van der Waals surface area contributed by atoms with Gasteiger partial charge in [-0.2, -0.15) is 5.10 Å². The molecule has 0 bridgehead atoms. The van der Waals surface area contributed by atoms with E-state index in [2.05, 4.69) is 15.7 Å². The third kappa shape index (κ3) is 4.92. The molecule has 0 amide bonds. The lowest BCUT2D eigenvalue weighted by atomic mass is 9.80. The molecule has 3 unspecified atom stereocenters. The molecule has 3 atom stereocenters. The summed E-state index contributed by atoms with van der Waals surface area (Å²) in [6, 6.07) is 11.5. The van der Waals surface area contributed by atoms with Crippen molar-refractivity contribution in [2.45, 2.75) is 44.4 Å². The summed E-state index contributed by atoms with van der Waals surface area (Å²) in [7, 11) is 0. The quantitative estimate of drug-likeness (QED) is 0.0703. The van der Waals surface area contributed by atoms with Gasteiger partial charge in [-0.15, -0.1) is 0 Å². The van der Waals surface area contributed by atoms with Crippen molar-refractivity contribution in [2.75, 3.05) is 0 Å². The van der Waals surface area contributed by atoms with Crippen LogP contribution in [0.15, 0.2) is 53.6 Å². The molecule has 0 fully saturated rings. The molecule has 6 N–H and O–H groups in total. The van der Waals surface area contributed by atoms with Crippen molar-refractivity contribution in [1.82, 2.24) is 10.6 Å². The van der Waals surface area contributed by atoms with Gasteiger partial charge in [0.1, 0.15) is 35.6 Å². The monoisotopic (exact) mass is 452 g/mol. The number of carbonyl (C=O) groups is 2. The summed E-state index contributed by atoms with van der Waals surface area (Å²) in [4.78, 5) is 23.7. The predicted molar refractivity (Wildman–Crippen MR) is 125 cm³/mol. The molecule has 0 saturated carbocycles. The Bertz CT molecular complexity index is 1070. The Hall–Kier alpha value is -4.01. The maximum atomic E-state index is 12.4. The van der Waals surface area contributed by atoms with Gasteiger partial charge in [0.05, 0.1) is 6.17 Å². The number of allylic oxidation sites excluding steroid dienone is 1. The highest BCUT2D eigenvalue weighted by molar-refractivity contribution is 5.84. The van der Waals surface area contributed by atoms with Crippen molar-refractivity contribution in [3.05, 3.63) is 65.2 Å². The number of aliphatic carboxylic acids is 1. The zero-order valence-electron chi connectivity index (χ0n) is 18.5. The van der Waals surface area contributed by atoms with Crippen molar-refractivity contribution in [3.63, 3.8) is 0 Å². The molecule has 0 aromatic heterocycles. The Kier molecular flexibility index (Phi) is 7.22. The van der Waals surface area contributed by atoms with E-state index in [9.17, 15) is 19.8 Å². The fraction of sp³-hybridized carbons (Fsp3) is 0.292. The number of rotatable bonds is 10. The third-order valence-corrected chi connectivity index (χ3v) is 5.68. The maximum absolute atomic E-state index is 12.4. The number of nitrogens with one attached hydrogen (secondary N) is 2. The third-order valence-electron chi connectivity index (χ3n) is 5.68. The minimum atomic E-state index is -1.17. The molecule has 3 rings (SSSR count). The average Bonchev–Trinajstić information content (AvgIpc) is 3.10. The first kappa shape index (κ1) is 23.6. The summed E-state index contributed by atoms with van der Waals surface area (Å²) in [5.74, 6) is 3.68. The lowest BCUT2D eigenvalue weighted by molar-refractivity contribution is -0.143. The molecule has 2 aromatic carbocycles. The Morgan fingerprint density at radius 1 is 1.30 bits per heavy atom. The van der Waals surface area contributed by atoms with Gasteiger partial charge in [-0.05, 0) is 54.8 Å². The standard InChI is InChI=1S/C24H28N4O5/c1-3-4-21(26-14-27-25)28-19(11-12-29)15-5-10-20-18(13-15)22(23(31)32)24(2,33-20)16-6-8-17(30)9-7-16/h5-14,21-22,28,30H,3-4,25H2,1-2H3,(H,26,27)(H,31,32). The van der Waals surface area contributed by atoms with Gasteiger partial charge in [-0.25, -0.2) is 0 Å². The van der Waals surface area contributed by atoms with Gasteiger partial charge in [-0.1, -0.05) is 25.5 Å². The number of carbonyl (C=O) groups excluding carboxylic acids is 1. The number of nitrogens with zero attached hydrogens (tertiary/aromatic N) is 1. The van der Waals surface area contributed by atoms with E-state index in [0.29, 0.717) is 34.4 Å². The zero-order valence-corrected chi connectivity index (χ0v) is 18.5. The number of hydrogen-bond donors (Lipinski definition) is 5. The van der Waals surface area contributed by atoms with Gasteiger partial charge in [0.25, 0.3) is 0 Å². The Balaban J connectivity index is 2.00. The zero-order chi connectivity index (χ0) is 24.0. The molecule has 174 valence electrons. The second-order valence-electron chi connectivity index (χ2n) is 7.93. The van der Waals surface area contributed by atoms with Crippen molar-refractivity contribution in [3.8, 4) is 11.5 Å². The number of carboxylic acids is 1. The fourth-order valence-electron chi connectivity index (χ4n) is 4.11. The van der Waals surface area contributed by atoms with E-state index >= 15 is 0 Å². The SMILES string of the molecule is CCCC(NC=NN)NC(=CC=O)c1ccc2c(c1)C(C(=O)O)C(C)(c1ccc(O)cc1)O2. The molecule has 1 aliphatic rings. The fourth-order valence-corrected chi connectivity index (χ4v) is 4.11. The van der Waals surface area contributed by atoms with E-state index in [0.717, 1.165) is 12.8 Å². The molecule has 0 spiro atoms. The Morgan fingerprint density at radius 2 is 2.03 bits per heavy atom. The van der Waals surface area contributed by atoms with E-state index in [1.54, 1.807) is 37.3 Å². The van der Waals surface area contributed by atoms with Gasteiger partial charge >= 0.3 is 5.97 Å². The highest BCUT2D eigenvalue weighted by Crippen LogP contribution is 2.51. The second kappa shape index (κ2) is 10.1. The molecule has 2 aromatic rings. The van der Waals surface area contributed by atoms with Crippen molar-refractivity contribution in [1.29, 1.82) is 0 Å². The van der Waals surface area contributed by atoms with Crippen LogP contribution in [0.1, 0.15) is 49.3 Å². The molecule has 1 aliphatic heterocycles. The number of phenolic OH excluding ortho intramolecular Hbond substituents is 1. The highest BCUT2D eigenvalue weighted by Gasteiger charge is 2.50. The van der Waals surface area contributed by atoms with Crippen LogP contribution in [0, 0.1) is 0 Å². The normalized spacial score (nSPS) is 20.7. The number of benzene rings is 2. The number of hydrazone groups is 1. The Morgan fingerprint density at radius 3 is 2.64 bits per heavy atom. The van der Waals surface area contributed by atoms with E-state index in [1.807, 2.05) is 6.92 Å². The first-order valence-corrected chi connectivity index (χ1v) is 10.6. The Labute approximate surface area is 192 Å². The van der Waals surface area contributed by atoms with Crippen LogP contribution in [0.3, 0.4) is 0 Å². The number of carboxylic acid groups (broad SMARTS) is 1. The van der Waals surface area contributed by atoms with Crippen molar-refractivity contribution < 1.29 is 24.5 Å². The number of aldehydes is 1. The van der Waals surface area contributed by atoms with Gasteiger partial charge in [0.2, 0.25) is 0 Å². The first-order valence-electron chi connectivity index (χ1n) is 10.6. The lowest BCUT2D eigenvalue weighted by Crippen LogP contribution is -2.40. The molecule has 0 saturated heterocycles. The summed E-state index contributed by atoms with van der Waals surface area (Å²) in [5, 5.41) is 29.5. The summed E-state index contributed by atoms with van der Waals surface area (Å²) in [6.45, 7) is 3.74. The number of ether oxygens (including phenoxy) is 1. The lowest BCUT2D eigenvalue weighted by Gasteiger charge is -2.29. The highest BCUT2D eigenvalue weighted by atomic mass is 16.5. The van der Waals surface area contributed by atoms with Crippen LogP contribution in [0.2, 0.25) is 0 Å². The topological polar surface area (TPSA) is 146 Å². The smallest absolute Gasteiger partial charge is 0.315 e.